The maximum absolute atomic E-state index is 6.31. The summed E-state index contributed by atoms with van der Waals surface area (Å²) in [5.41, 5.74) is 12.5. The molecule has 0 atom stereocenters. The molecule has 0 saturated carbocycles. The summed E-state index contributed by atoms with van der Waals surface area (Å²) in [6.07, 6.45) is 3.36. The Bertz CT molecular complexity index is 941. The number of nitrogens with two attached hydrogens (primary N) is 2. The van der Waals surface area contributed by atoms with Crippen molar-refractivity contribution in [3.63, 3.8) is 0 Å². The van der Waals surface area contributed by atoms with Crippen molar-refractivity contribution in [1.29, 1.82) is 0 Å². The van der Waals surface area contributed by atoms with Crippen molar-refractivity contribution in [1.82, 2.24) is 9.38 Å². The van der Waals surface area contributed by atoms with Gasteiger partial charge in [-0.15, -0.1) is 28.8 Å². The van der Waals surface area contributed by atoms with E-state index in [4.69, 9.17) is 46.3 Å². The van der Waals surface area contributed by atoms with Gasteiger partial charge in [-0.1, -0.05) is 34.8 Å². The Kier molecular flexibility index (Phi) is 5.95. The summed E-state index contributed by atoms with van der Waals surface area (Å²) in [6.45, 7) is 0. The van der Waals surface area contributed by atoms with Crippen LogP contribution in [0.3, 0.4) is 0 Å². The molecule has 0 aliphatic heterocycles. The number of aromatic nitrogens is 2. The van der Waals surface area contributed by atoms with Crippen LogP contribution in [0, 0.1) is 0 Å². The van der Waals surface area contributed by atoms with Gasteiger partial charge < -0.3 is 11.5 Å². The largest absolute Gasteiger partial charge is 0.369 e. The summed E-state index contributed by atoms with van der Waals surface area (Å²) in [5, 5.41) is 10.3. The maximum atomic E-state index is 6.31. The Morgan fingerprint density at radius 2 is 1.96 bits per heavy atom. The Labute approximate surface area is 162 Å². The van der Waals surface area contributed by atoms with Crippen molar-refractivity contribution < 1.29 is 0 Å². The van der Waals surface area contributed by atoms with Gasteiger partial charge in [0.25, 0.3) is 0 Å². The highest BCUT2D eigenvalue weighted by Gasteiger charge is 2.18. The van der Waals surface area contributed by atoms with E-state index >= 15 is 0 Å². The van der Waals surface area contributed by atoms with Gasteiger partial charge in [-0.3, -0.25) is 4.40 Å². The quantitative estimate of drug-likeness (QED) is 0.288. The Morgan fingerprint density at radius 1 is 1.21 bits per heavy atom. The summed E-state index contributed by atoms with van der Waals surface area (Å²) < 4.78 is 1.85. The van der Waals surface area contributed by atoms with Crippen molar-refractivity contribution in [2.45, 2.75) is 0 Å². The van der Waals surface area contributed by atoms with Crippen molar-refractivity contribution in [3.8, 4) is 11.3 Å². The van der Waals surface area contributed by atoms with E-state index in [9.17, 15) is 0 Å². The molecule has 0 amide bonds. The Morgan fingerprint density at radius 3 is 2.67 bits per heavy atom. The second kappa shape index (κ2) is 7.58. The molecule has 2 aromatic heterocycles. The normalized spacial score (nSPS) is 11.0. The molecule has 126 valence electrons. The summed E-state index contributed by atoms with van der Waals surface area (Å²) in [4.78, 5) is 5.34. The molecule has 0 radical (unpaired) electrons. The molecular weight excluding hydrogens is 414 g/mol. The van der Waals surface area contributed by atoms with Crippen LogP contribution in [0.25, 0.3) is 16.2 Å². The molecule has 0 unspecified atom stereocenters. The van der Waals surface area contributed by atoms with Gasteiger partial charge in [-0.25, -0.2) is 4.98 Å². The molecule has 0 bridgehead atoms. The van der Waals surface area contributed by atoms with Gasteiger partial charge in [0.2, 0.25) is 5.96 Å². The molecule has 4 N–H and O–H groups in total. The molecular formula is C13H10Cl4N6S. The molecule has 0 spiro atoms. The minimum absolute atomic E-state index is 0. The van der Waals surface area contributed by atoms with Crippen molar-refractivity contribution in [3.05, 3.63) is 44.5 Å². The Hall–Kier alpha value is -1.51. The monoisotopic (exact) mass is 422 g/mol. The molecule has 6 nitrogen and oxygen atoms in total. The minimum atomic E-state index is -0.138. The third-order valence-corrected chi connectivity index (χ3v) is 4.99. The second-order valence-corrected chi connectivity index (χ2v) is 6.43. The zero-order valence-corrected chi connectivity index (χ0v) is 15.7. The number of fused-ring (bicyclic) bond motifs is 1. The summed E-state index contributed by atoms with van der Waals surface area (Å²) in [7, 11) is 0. The zero-order chi connectivity index (χ0) is 16.6. The highest BCUT2D eigenvalue weighted by atomic mass is 35.5. The summed E-state index contributed by atoms with van der Waals surface area (Å²) in [6, 6.07) is 3.41. The zero-order valence-electron chi connectivity index (χ0n) is 11.8. The fraction of sp³-hybridized carbons (Fsp3) is 0. The fourth-order valence-electron chi connectivity index (χ4n) is 1.98. The van der Waals surface area contributed by atoms with Crippen LogP contribution in [0.1, 0.15) is 5.69 Å². The lowest BCUT2D eigenvalue weighted by Crippen LogP contribution is -2.21. The number of hydrogen-bond donors (Lipinski definition) is 2. The van der Waals surface area contributed by atoms with Gasteiger partial charge in [0.05, 0.1) is 27.0 Å². The average molecular weight is 424 g/mol. The van der Waals surface area contributed by atoms with Gasteiger partial charge in [0.15, 0.2) is 4.96 Å². The summed E-state index contributed by atoms with van der Waals surface area (Å²) >= 11 is 19.9. The first-order valence-electron chi connectivity index (χ1n) is 6.20. The molecule has 24 heavy (non-hydrogen) atoms. The van der Waals surface area contributed by atoms with Crippen LogP contribution >= 0.6 is 58.5 Å². The molecule has 0 aliphatic rings. The van der Waals surface area contributed by atoms with Crippen molar-refractivity contribution in [2.24, 2.45) is 21.7 Å². The van der Waals surface area contributed by atoms with Gasteiger partial charge in [0.1, 0.15) is 5.69 Å². The first-order valence-corrected chi connectivity index (χ1v) is 8.21. The fourth-order valence-corrected chi connectivity index (χ4v) is 3.33. The third-order valence-electron chi connectivity index (χ3n) is 2.94. The van der Waals surface area contributed by atoms with Crippen LogP contribution in [-0.4, -0.2) is 21.6 Å². The number of imidazole rings is 1. The number of benzene rings is 1. The lowest BCUT2D eigenvalue weighted by Gasteiger charge is -2.06. The van der Waals surface area contributed by atoms with E-state index in [0.717, 1.165) is 4.96 Å². The van der Waals surface area contributed by atoms with Crippen LogP contribution in [0.4, 0.5) is 0 Å². The first kappa shape index (κ1) is 18.8. The molecule has 11 heteroatoms. The van der Waals surface area contributed by atoms with Crippen molar-refractivity contribution >= 4 is 75.7 Å². The molecule has 1 aromatic carbocycles. The van der Waals surface area contributed by atoms with Crippen molar-refractivity contribution in [2.75, 3.05) is 0 Å². The highest BCUT2D eigenvalue weighted by Crippen LogP contribution is 2.39. The standard InChI is InChI=1S/C13H9Cl3N6S.ClH/c14-7-2-1-6(9(15)10(7)16)11-8(5-19-21-12(17)18)22-3-4-23-13(22)20-11;/h1-5H,(H4,17,18,21);1H/b19-5+;. The van der Waals surface area contributed by atoms with E-state index in [2.05, 4.69) is 15.2 Å². The smallest absolute Gasteiger partial charge is 0.211 e. The SMILES string of the molecule is Cl.NC(N)=N/N=C/c1c(-c2ccc(Cl)c(Cl)c2Cl)nc2sccn12. The number of nitrogens with zero attached hydrogens (tertiary/aromatic N) is 4. The number of guanidine groups is 1. The van der Waals surface area contributed by atoms with E-state index in [0.29, 0.717) is 27.0 Å². The highest BCUT2D eigenvalue weighted by molar-refractivity contribution is 7.15. The van der Waals surface area contributed by atoms with Crippen LogP contribution < -0.4 is 11.5 Å². The number of halogens is 4. The average Bonchev–Trinajstić information content (AvgIpc) is 3.07. The number of rotatable bonds is 3. The Balaban J connectivity index is 0.00000208. The predicted molar refractivity (Wildman–Crippen MR) is 104 cm³/mol. The first-order chi connectivity index (χ1) is 11.0. The summed E-state index contributed by atoms with van der Waals surface area (Å²) in [5.74, 6) is -0.138. The molecule has 0 aliphatic carbocycles. The van der Waals surface area contributed by atoms with Crippen LogP contribution in [0.2, 0.25) is 15.1 Å². The van der Waals surface area contributed by atoms with E-state index in [1.54, 1.807) is 12.1 Å². The number of hydrogen-bond acceptors (Lipinski definition) is 4. The van der Waals surface area contributed by atoms with Gasteiger partial charge in [-0.05, 0) is 12.1 Å². The lowest BCUT2D eigenvalue weighted by atomic mass is 10.1. The van der Waals surface area contributed by atoms with E-state index in [1.165, 1.54) is 17.6 Å². The van der Waals surface area contributed by atoms with Crippen LogP contribution in [0.5, 0.6) is 0 Å². The van der Waals surface area contributed by atoms with E-state index in [-0.39, 0.29) is 23.4 Å². The lowest BCUT2D eigenvalue weighted by molar-refractivity contribution is 1.18. The molecule has 3 rings (SSSR count). The van der Waals surface area contributed by atoms with Crippen LogP contribution in [0.15, 0.2) is 33.9 Å². The minimum Gasteiger partial charge on any atom is -0.369 e. The van der Waals surface area contributed by atoms with Gasteiger partial charge in [-0.2, -0.15) is 5.10 Å². The third kappa shape index (κ3) is 3.45. The van der Waals surface area contributed by atoms with E-state index in [1.807, 2.05) is 16.0 Å². The molecule has 3 aromatic rings. The molecule has 0 saturated heterocycles. The second-order valence-electron chi connectivity index (χ2n) is 4.39. The molecule has 0 fully saturated rings. The number of thiazole rings is 1. The van der Waals surface area contributed by atoms with Gasteiger partial charge >= 0.3 is 0 Å². The van der Waals surface area contributed by atoms with E-state index < -0.39 is 0 Å². The topological polar surface area (TPSA) is 94.1 Å². The van der Waals surface area contributed by atoms with Crippen LogP contribution in [-0.2, 0) is 0 Å². The maximum Gasteiger partial charge on any atom is 0.211 e. The molecule has 2 heterocycles. The van der Waals surface area contributed by atoms with Gasteiger partial charge in [0, 0.05) is 17.1 Å². The predicted octanol–water partition coefficient (Wildman–Crippen LogP) is 4.05.